The number of ketones is 1. The second-order valence-electron chi connectivity index (χ2n) is 6.46. The fourth-order valence-electron chi connectivity index (χ4n) is 2.35. The molecule has 11 heteroatoms. The highest BCUT2D eigenvalue weighted by atomic mass is 32.2. The van der Waals surface area contributed by atoms with E-state index in [0.29, 0.717) is 34.7 Å². The SMILES string of the molecule is Cc1ccc(OCc2nnc(SCC(=O)c3ccc(CCNS(C)(=O)=O)s3)o2)cc1. The highest BCUT2D eigenvalue weighted by molar-refractivity contribution is 7.99. The quantitative estimate of drug-likeness (QED) is 0.338. The van der Waals surface area contributed by atoms with E-state index in [1.54, 1.807) is 6.07 Å². The van der Waals surface area contributed by atoms with E-state index in [1.807, 2.05) is 37.3 Å². The molecule has 0 aliphatic rings. The topological polar surface area (TPSA) is 111 Å². The number of sulfonamides is 1. The summed E-state index contributed by atoms with van der Waals surface area (Å²) in [4.78, 5) is 13.9. The van der Waals surface area contributed by atoms with Gasteiger partial charge < -0.3 is 9.15 Å². The molecule has 2 heterocycles. The predicted molar refractivity (Wildman–Crippen MR) is 116 cm³/mol. The van der Waals surface area contributed by atoms with Gasteiger partial charge in [0.25, 0.3) is 11.1 Å². The maximum absolute atomic E-state index is 12.4. The van der Waals surface area contributed by atoms with Crippen LogP contribution in [0.5, 0.6) is 5.75 Å². The molecule has 0 aliphatic carbocycles. The molecule has 0 bridgehead atoms. The molecule has 160 valence electrons. The minimum absolute atomic E-state index is 0.0528. The molecule has 0 amide bonds. The van der Waals surface area contributed by atoms with Gasteiger partial charge in [0.2, 0.25) is 10.0 Å². The van der Waals surface area contributed by atoms with Crippen LogP contribution in [0, 0.1) is 6.92 Å². The first kappa shape index (κ1) is 22.5. The van der Waals surface area contributed by atoms with E-state index < -0.39 is 10.0 Å². The number of hydrogen-bond donors (Lipinski definition) is 1. The molecule has 0 radical (unpaired) electrons. The normalized spacial score (nSPS) is 11.5. The summed E-state index contributed by atoms with van der Waals surface area (Å²) in [5.74, 6) is 1.16. The highest BCUT2D eigenvalue weighted by Gasteiger charge is 2.14. The Hall–Kier alpha value is -2.21. The maximum atomic E-state index is 12.4. The number of hydrogen-bond acceptors (Lipinski definition) is 9. The maximum Gasteiger partial charge on any atom is 0.277 e. The summed E-state index contributed by atoms with van der Waals surface area (Å²) in [7, 11) is -3.21. The molecule has 0 atom stereocenters. The predicted octanol–water partition coefficient (Wildman–Crippen LogP) is 3.09. The van der Waals surface area contributed by atoms with Gasteiger partial charge in [-0.1, -0.05) is 29.5 Å². The van der Waals surface area contributed by atoms with Crippen molar-refractivity contribution in [2.75, 3.05) is 18.6 Å². The summed E-state index contributed by atoms with van der Waals surface area (Å²) in [6.07, 6.45) is 1.65. The monoisotopic (exact) mass is 467 g/mol. The Morgan fingerprint density at radius 1 is 1.20 bits per heavy atom. The zero-order valence-corrected chi connectivity index (χ0v) is 18.9. The first-order valence-electron chi connectivity index (χ1n) is 9.00. The molecular formula is C19H21N3O5S3. The first-order valence-corrected chi connectivity index (χ1v) is 12.7. The van der Waals surface area contributed by atoms with Gasteiger partial charge in [0, 0.05) is 11.4 Å². The fraction of sp³-hybridized carbons (Fsp3) is 0.316. The van der Waals surface area contributed by atoms with Gasteiger partial charge in [0.1, 0.15) is 5.75 Å². The van der Waals surface area contributed by atoms with E-state index in [4.69, 9.17) is 9.15 Å². The lowest BCUT2D eigenvalue weighted by Crippen LogP contribution is -2.23. The van der Waals surface area contributed by atoms with Crippen molar-refractivity contribution in [3.05, 3.63) is 57.6 Å². The van der Waals surface area contributed by atoms with Crippen LogP contribution in [0.3, 0.4) is 0 Å². The molecule has 3 aromatic rings. The first-order chi connectivity index (χ1) is 14.3. The largest absolute Gasteiger partial charge is 0.484 e. The van der Waals surface area contributed by atoms with Gasteiger partial charge in [-0.25, -0.2) is 13.1 Å². The Morgan fingerprint density at radius 3 is 2.70 bits per heavy atom. The van der Waals surface area contributed by atoms with Crippen LogP contribution in [0.1, 0.15) is 26.0 Å². The molecule has 0 saturated heterocycles. The van der Waals surface area contributed by atoms with Crippen molar-refractivity contribution in [1.29, 1.82) is 0 Å². The van der Waals surface area contributed by atoms with Crippen molar-refractivity contribution in [1.82, 2.24) is 14.9 Å². The minimum atomic E-state index is -3.21. The van der Waals surface area contributed by atoms with Crippen molar-refractivity contribution in [2.24, 2.45) is 0 Å². The average Bonchev–Trinajstić information content (AvgIpc) is 3.34. The van der Waals surface area contributed by atoms with E-state index in [0.717, 1.165) is 16.7 Å². The lowest BCUT2D eigenvalue weighted by atomic mass is 10.2. The molecule has 30 heavy (non-hydrogen) atoms. The molecule has 2 aromatic heterocycles. The summed E-state index contributed by atoms with van der Waals surface area (Å²) < 4.78 is 35.7. The number of aryl methyl sites for hydroxylation is 1. The Kier molecular flexibility index (Phi) is 7.64. The van der Waals surface area contributed by atoms with Crippen LogP contribution in [-0.2, 0) is 23.1 Å². The van der Waals surface area contributed by atoms with E-state index in [1.165, 1.54) is 23.1 Å². The van der Waals surface area contributed by atoms with Gasteiger partial charge >= 0.3 is 0 Å². The van der Waals surface area contributed by atoms with E-state index in [9.17, 15) is 13.2 Å². The third-order valence-electron chi connectivity index (χ3n) is 3.83. The van der Waals surface area contributed by atoms with Crippen LogP contribution in [0.2, 0.25) is 0 Å². The number of aromatic nitrogens is 2. The summed E-state index contributed by atoms with van der Waals surface area (Å²) in [5, 5.41) is 8.16. The van der Waals surface area contributed by atoms with Crippen molar-refractivity contribution in [3.63, 3.8) is 0 Å². The minimum Gasteiger partial charge on any atom is -0.484 e. The van der Waals surface area contributed by atoms with Crippen molar-refractivity contribution < 1.29 is 22.4 Å². The molecule has 0 spiro atoms. The third-order valence-corrected chi connectivity index (χ3v) is 6.56. The lowest BCUT2D eigenvalue weighted by molar-refractivity contribution is 0.102. The average molecular weight is 468 g/mol. The highest BCUT2D eigenvalue weighted by Crippen LogP contribution is 2.23. The number of thiophene rings is 1. The fourth-order valence-corrected chi connectivity index (χ4v) is 4.53. The van der Waals surface area contributed by atoms with E-state index >= 15 is 0 Å². The van der Waals surface area contributed by atoms with E-state index in [2.05, 4.69) is 14.9 Å². The Balaban J connectivity index is 1.44. The summed E-state index contributed by atoms with van der Waals surface area (Å²) >= 11 is 2.52. The van der Waals surface area contributed by atoms with Crippen molar-refractivity contribution >= 4 is 38.9 Å². The number of nitrogens with one attached hydrogen (secondary N) is 1. The summed E-state index contributed by atoms with van der Waals surface area (Å²) in [6.45, 7) is 2.46. The molecule has 0 fully saturated rings. The lowest BCUT2D eigenvalue weighted by Gasteiger charge is -2.02. The van der Waals surface area contributed by atoms with E-state index in [-0.39, 0.29) is 18.1 Å². The smallest absolute Gasteiger partial charge is 0.277 e. The zero-order chi connectivity index (χ0) is 21.6. The molecule has 8 nitrogen and oxygen atoms in total. The zero-order valence-electron chi connectivity index (χ0n) is 16.5. The van der Waals surface area contributed by atoms with Crippen molar-refractivity contribution in [3.8, 4) is 5.75 Å². The molecule has 1 N–H and O–H groups in total. The number of thioether (sulfide) groups is 1. The molecule has 0 unspecified atom stereocenters. The number of benzene rings is 1. The molecule has 3 rings (SSSR count). The van der Waals surface area contributed by atoms with Crippen LogP contribution < -0.4 is 9.46 Å². The molecular weight excluding hydrogens is 446 g/mol. The summed E-state index contributed by atoms with van der Waals surface area (Å²) in [5.41, 5.74) is 1.15. The Morgan fingerprint density at radius 2 is 1.97 bits per heavy atom. The van der Waals surface area contributed by atoms with Gasteiger partial charge in [0.05, 0.1) is 16.9 Å². The standard InChI is InChI=1S/C19H21N3O5S3/c1-13-3-5-14(6-4-13)26-11-18-21-22-19(27-18)28-12-16(23)17-8-7-15(29-17)9-10-20-30(2,24)25/h3-8,20H,9-12H2,1-2H3. The number of ether oxygens (including phenoxy) is 1. The van der Waals surface area contributed by atoms with Crippen LogP contribution in [-0.4, -0.2) is 43.0 Å². The summed E-state index contributed by atoms with van der Waals surface area (Å²) in [6, 6.07) is 11.2. The van der Waals surface area contributed by atoms with Crippen LogP contribution in [0.25, 0.3) is 0 Å². The Bertz CT molecular complexity index is 1090. The van der Waals surface area contributed by atoms with Gasteiger partial charge in [-0.3, -0.25) is 4.79 Å². The van der Waals surface area contributed by atoms with Crippen LogP contribution in [0.4, 0.5) is 0 Å². The third kappa shape index (κ3) is 7.24. The van der Waals surface area contributed by atoms with Crippen LogP contribution >= 0.6 is 23.1 Å². The van der Waals surface area contributed by atoms with Gasteiger partial charge in [0.15, 0.2) is 12.4 Å². The van der Waals surface area contributed by atoms with Crippen molar-refractivity contribution in [2.45, 2.75) is 25.2 Å². The van der Waals surface area contributed by atoms with Gasteiger partial charge in [-0.15, -0.1) is 21.5 Å². The number of rotatable bonds is 11. The second-order valence-corrected chi connectivity index (χ2v) is 10.4. The molecule has 1 aromatic carbocycles. The number of nitrogens with zero attached hydrogens (tertiary/aromatic N) is 2. The molecule has 0 aliphatic heterocycles. The molecule has 0 saturated carbocycles. The second kappa shape index (κ2) is 10.2. The number of Topliss-reactive ketones (excluding diaryl/α,β-unsaturated/α-hetero) is 1. The van der Waals surface area contributed by atoms with Crippen LogP contribution in [0.15, 0.2) is 46.0 Å². The number of carbonyl (C=O) groups excluding carboxylic acids is 1. The van der Waals surface area contributed by atoms with Gasteiger partial charge in [-0.05, 0) is 37.6 Å². The van der Waals surface area contributed by atoms with Gasteiger partial charge in [-0.2, -0.15) is 0 Å². The number of carbonyl (C=O) groups is 1. The Labute approximate surface area is 183 Å².